The van der Waals surface area contributed by atoms with Gasteiger partial charge in [0.1, 0.15) is 10.7 Å². The highest BCUT2D eigenvalue weighted by Crippen LogP contribution is 2.25. The summed E-state index contributed by atoms with van der Waals surface area (Å²) in [5, 5.41) is 6.03. The quantitative estimate of drug-likeness (QED) is 0.393. The molecule has 2 heterocycles. The molecular formula is C26H29Cl2N5O3S. The molecule has 1 fully saturated rings. The molecule has 0 saturated carbocycles. The highest BCUT2D eigenvalue weighted by molar-refractivity contribution is 7.09. The van der Waals surface area contributed by atoms with Gasteiger partial charge in [-0.25, -0.2) is 9.78 Å². The van der Waals surface area contributed by atoms with Crippen LogP contribution in [0.25, 0.3) is 0 Å². The van der Waals surface area contributed by atoms with Gasteiger partial charge in [-0.3, -0.25) is 9.69 Å². The number of carbonyl (C=O) groups excluding carboxylic acids is 2. The smallest absolute Gasteiger partial charge is 0.322 e. The Morgan fingerprint density at radius 1 is 1.08 bits per heavy atom. The number of nitrogens with one attached hydrogen (secondary N) is 1. The minimum Gasteiger partial charge on any atom is -0.383 e. The third kappa shape index (κ3) is 7.66. The van der Waals surface area contributed by atoms with Crippen molar-refractivity contribution >= 4 is 52.2 Å². The number of piperazine rings is 1. The van der Waals surface area contributed by atoms with Gasteiger partial charge in [0.25, 0.3) is 5.91 Å². The van der Waals surface area contributed by atoms with Gasteiger partial charge in [0.05, 0.1) is 23.2 Å². The molecule has 37 heavy (non-hydrogen) atoms. The molecule has 0 radical (unpaired) electrons. The van der Waals surface area contributed by atoms with Crippen LogP contribution in [0.1, 0.15) is 21.1 Å². The van der Waals surface area contributed by atoms with Crippen LogP contribution in [0.4, 0.5) is 10.5 Å². The first kappa shape index (κ1) is 27.3. The van der Waals surface area contributed by atoms with Crippen molar-refractivity contribution in [3.05, 3.63) is 80.2 Å². The summed E-state index contributed by atoms with van der Waals surface area (Å²) >= 11 is 13.4. The van der Waals surface area contributed by atoms with Crippen molar-refractivity contribution in [2.75, 3.05) is 51.8 Å². The van der Waals surface area contributed by atoms with Crippen LogP contribution in [0.5, 0.6) is 0 Å². The lowest BCUT2D eigenvalue weighted by molar-refractivity contribution is 0.0623. The molecule has 11 heteroatoms. The Labute approximate surface area is 230 Å². The molecule has 0 spiro atoms. The van der Waals surface area contributed by atoms with Crippen LogP contribution >= 0.6 is 34.5 Å². The van der Waals surface area contributed by atoms with E-state index in [1.165, 1.54) is 16.9 Å². The van der Waals surface area contributed by atoms with Crippen molar-refractivity contribution in [1.29, 1.82) is 0 Å². The molecule has 0 atom stereocenters. The lowest BCUT2D eigenvalue weighted by Gasteiger charge is -2.34. The number of anilines is 1. The van der Waals surface area contributed by atoms with Crippen molar-refractivity contribution in [3.8, 4) is 0 Å². The monoisotopic (exact) mass is 561 g/mol. The van der Waals surface area contributed by atoms with Crippen LogP contribution in [0.2, 0.25) is 10.0 Å². The number of carbonyl (C=O) groups is 2. The molecule has 1 saturated heterocycles. The van der Waals surface area contributed by atoms with E-state index >= 15 is 0 Å². The third-order valence-electron chi connectivity index (χ3n) is 6.03. The summed E-state index contributed by atoms with van der Waals surface area (Å²) < 4.78 is 5.17. The summed E-state index contributed by atoms with van der Waals surface area (Å²) in [6.07, 6.45) is 0. The van der Waals surface area contributed by atoms with E-state index in [4.69, 9.17) is 27.9 Å². The maximum Gasteiger partial charge on any atom is 0.322 e. The first-order valence-electron chi connectivity index (χ1n) is 11.9. The number of methoxy groups -OCH3 is 1. The largest absolute Gasteiger partial charge is 0.383 e. The lowest BCUT2D eigenvalue weighted by atomic mass is 10.2. The summed E-state index contributed by atoms with van der Waals surface area (Å²) in [7, 11) is 1.58. The number of rotatable bonds is 9. The van der Waals surface area contributed by atoms with Crippen molar-refractivity contribution in [2.24, 2.45) is 0 Å². The molecule has 0 aliphatic carbocycles. The molecule has 1 aliphatic rings. The summed E-state index contributed by atoms with van der Waals surface area (Å²) in [5.41, 5.74) is 2.21. The van der Waals surface area contributed by atoms with E-state index in [1.54, 1.807) is 35.6 Å². The molecule has 1 aliphatic heterocycles. The molecule has 4 rings (SSSR count). The van der Waals surface area contributed by atoms with Crippen molar-refractivity contribution in [3.63, 3.8) is 0 Å². The maximum absolute atomic E-state index is 13.1. The summed E-state index contributed by atoms with van der Waals surface area (Å²) in [4.78, 5) is 36.4. The number of hydrogen-bond donors (Lipinski definition) is 1. The van der Waals surface area contributed by atoms with Crippen LogP contribution in [0.3, 0.4) is 0 Å². The van der Waals surface area contributed by atoms with Gasteiger partial charge in [0, 0.05) is 57.4 Å². The average Bonchev–Trinajstić information content (AvgIpc) is 3.38. The van der Waals surface area contributed by atoms with Gasteiger partial charge in [-0.1, -0.05) is 53.5 Å². The number of nitrogens with zero attached hydrogens (tertiary/aromatic N) is 4. The number of aromatic nitrogens is 1. The van der Waals surface area contributed by atoms with E-state index in [-0.39, 0.29) is 18.5 Å². The van der Waals surface area contributed by atoms with Crippen LogP contribution < -0.4 is 5.32 Å². The van der Waals surface area contributed by atoms with Gasteiger partial charge in [0.15, 0.2) is 0 Å². The minimum atomic E-state index is -0.326. The van der Waals surface area contributed by atoms with E-state index in [9.17, 15) is 9.59 Å². The van der Waals surface area contributed by atoms with Gasteiger partial charge >= 0.3 is 6.03 Å². The Morgan fingerprint density at radius 3 is 2.54 bits per heavy atom. The molecular weight excluding hydrogens is 533 g/mol. The third-order valence-corrected chi connectivity index (χ3v) is 7.60. The molecule has 196 valence electrons. The summed E-state index contributed by atoms with van der Waals surface area (Å²) in [6, 6.07) is 14.9. The Balaban J connectivity index is 1.33. The number of thiazole rings is 1. The van der Waals surface area contributed by atoms with E-state index in [2.05, 4.69) is 27.3 Å². The van der Waals surface area contributed by atoms with Crippen LogP contribution in [0, 0.1) is 0 Å². The van der Waals surface area contributed by atoms with Gasteiger partial charge in [0.2, 0.25) is 0 Å². The standard InChI is InChI=1S/C26H29Cl2N5O3S/c1-36-14-13-33(26(35)29-20-7-8-21(27)22(28)15-20)17-24-30-23(18-37-24)25(34)32-11-9-31(10-12-32)16-19-5-3-2-4-6-19/h2-8,15,18H,9-14,16-17H2,1H3,(H,29,35). The predicted octanol–water partition coefficient (Wildman–Crippen LogP) is 5.09. The zero-order chi connectivity index (χ0) is 26.2. The zero-order valence-electron chi connectivity index (χ0n) is 20.5. The van der Waals surface area contributed by atoms with Crippen molar-refractivity contribution in [1.82, 2.24) is 19.7 Å². The van der Waals surface area contributed by atoms with E-state index < -0.39 is 0 Å². The minimum absolute atomic E-state index is 0.0782. The van der Waals surface area contributed by atoms with Crippen molar-refractivity contribution < 1.29 is 14.3 Å². The van der Waals surface area contributed by atoms with Gasteiger partial charge in [-0.15, -0.1) is 11.3 Å². The first-order valence-corrected chi connectivity index (χ1v) is 13.6. The van der Waals surface area contributed by atoms with Crippen LogP contribution in [-0.2, 0) is 17.8 Å². The first-order chi connectivity index (χ1) is 17.9. The Hall–Kier alpha value is -2.69. The highest BCUT2D eigenvalue weighted by Gasteiger charge is 2.25. The average molecular weight is 563 g/mol. The SMILES string of the molecule is COCCN(Cc1nc(C(=O)N2CCN(Cc3ccccc3)CC2)cs1)C(=O)Nc1ccc(Cl)c(Cl)c1. The van der Waals surface area contributed by atoms with E-state index in [0.29, 0.717) is 52.7 Å². The zero-order valence-corrected chi connectivity index (χ0v) is 22.9. The number of halogens is 2. The molecule has 0 bridgehead atoms. The molecule has 8 nitrogen and oxygen atoms in total. The molecule has 2 aromatic carbocycles. The second-order valence-corrected chi connectivity index (χ2v) is 10.4. The second-order valence-electron chi connectivity index (χ2n) is 8.65. The molecule has 3 aromatic rings. The van der Waals surface area contributed by atoms with Crippen LogP contribution in [-0.4, -0.2) is 78.1 Å². The van der Waals surface area contributed by atoms with Crippen LogP contribution in [0.15, 0.2) is 53.9 Å². The fourth-order valence-corrected chi connectivity index (χ4v) is 5.07. The summed E-state index contributed by atoms with van der Waals surface area (Å²) in [6.45, 7) is 4.80. The van der Waals surface area contributed by atoms with Crippen molar-refractivity contribution in [2.45, 2.75) is 13.1 Å². The number of hydrogen-bond acceptors (Lipinski definition) is 6. The molecule has 3 amide bonds. The number of urea groups is 1. The normalized spacial score (nSPS) is 14.0. The predicted molar refractivity (Wildman–Crippen MR) is 148 cm³/mol. The molecule has 1 aromatic heterocycles. The van der Waals surface area contributed by atoms with E-state index in [1.807, 2.05) is 23.1 Å². The maximum atomic E-state index is 13.1. The lowest BCUT2D eigenvalue weighted by Crippen LogP contribution is -2.48. The Bertz CT molecular complexity index is 1200. The second kappa shape index (κ2) is 13.2. The molecule has 0 unspecified atom stereocenters. The number of ether oxygens (including phenoxy) is 1. The molecule has 1 N–H and O–H groups in total. The number of benzene rings is 2. The summed E-state index contributed by atoms with van der Waals surface area (Å²) in [5.74, 6) is -0.0782. The fraction of sp³-hybridized carbons (Fsp3) is 0.346. The van der Waals surface area contributed by atoms with Gasteiger partial charge < -0.3 is 19.9 Å². The fourth-order valence-electron chi connectivity index (χ4n) is 3.99. The highest BCUT2D eigenvalue weighted by atomic mass is 35.5. The topological polar surface area (TPSA) is 78.0 Å². The Morgan fingerprint density at radius 2 is 1.84 bits per heavy atom. The van der Waals surface area contributed by atoms with E-state index in [0.717, 1.165) is 19.6 Å². The number of amides is 3. The van der Waals surface area contributed by atoms with Gasteiger partial charge in [-0.05, 0) is 23.8 Å². The Kier molecular flexibility index (Phi) is 9.76. The van der Waals surface area contributed by atoms with Gasteiger partial charge in [-0.2, -0.15) is 0 Å².